The van der Waals surface area contributed by atoms with Crippen LogP contribution in [0.15, 0.2) is 16.6 Å². The molecule has 0 saturated carbocycles. The molecule has 21 heavy (non-hydrogen) atoms. The van der Waals surface area contributed by atoms with Gasteiger partial charge < -0.3 is 24.4 Å². The van der Waals surface area contributed by atoms with Crippen LogP contribution >= 0.6 is 15.9 Å². The lowest BCUT2D eigenvalue weighted by atomic mass is 10.1. The van der Waals surface area contributed by atoms with Gasteiger partial charge in [0, 0.05) is 13.0 Å². The molecule has 2 N–H and O–H groups in total. The van der Waals surface area contributed by atoms with E-state index < -0.39 is 12.1 Å². The predicted octanol–water partition coefficient (Wildman–Crippen LogP) is 2.14. The lowest BCUT2D eigenvalue weighted by molar-refractivity contribution is -0.151. The van der Waals surface area contributed by atoms with Crippen molar-refractivity contribution in [1.82, 2.24) is 0 Å². The van der Waals surface area contributed by atoms with Gasteiger partial charge >= 0.3 is 5.97 Å². The molecule has 0 aliphatic carbocycles. The second-order valence-electron chi connectivity index (χ2n) is 4.55. The van der Waals surface area contributed by atoms with Crippen LogP contribution in [0.1, 0.15) is 24.5 Å². The van der Waals surface area contributed by atoms with Crippen LogP contribution in [0.25, 0.3) is 0 Å². The fraction of sp³-hybridized carbons (Fsp3) is 0.500. The second-order valence-corrected chi connectivity index (χ2v) is 5.40. The molecule has 1 aliphatic rings. The molecule has 1 aromatic rings. The van der Waals surface area contributed by atoms with Crippen molar-refractivity contribution in [3.63, 3.8) is 0 Å². The quantitative estimate of drug-likeness (QED) is 0.756. The Hall–Kier alpha value is -1.31. The summed E-state index contributed by atoms with van der Waals surface area (Å²) < 4.78 is 17.1. The number of hydrogen-bond acceptors (Lipinski definition) is 5. The van der Waals surface area contributed by atoms with E-state index >= 15 is 0 Å². The molecular formula is C14H17BrO6. The Labute approximate surface area is 130 Å². The molecule has 0 aromatic heterocycles. The summed E-state index contributed by atoms with van der Waals surface area (Å²) in [6.45, 7) is 1.20. The van der Waals surface area contributed by atoms with Gasteiger partial charge in [0.15, 0.2) is 17.6 Å². The van der Waals surface area contributed by atoms with Gasteiger partial charge in [-0.05, 0) is 40.0 Å². The number of ether oxygens (including phenoxy) is 3. The molecule has 7 heteroatoms. The Morgan fingerprint density at radius 1 is 1.38 bits per heavy atom. The van der Waals surface area contributed by atoms with Gasteiger partial charge in [-0.1, -0.05) is 0 Å². The number of hydrogen-bond donors (Lipinski definition) is 2. The molecule has 1 unspecified atom stereocenters. The van der Waals surface area contributed by atoms with Crippen LogP contribution in [0.3, 0.4) is 0 Å². The summed E-state index contributed by atoms with van der Waals surface area (Å²) in [5, 5.41) is 18.1. The molecule has 116 valence electrons. The maximum absolute atomic E-state index is 11.4. The van der Waals surface area contributed by atoms with Gasteiger partial charge in [0.2, 0.25) is 0 Å². The third-order valence-electron chi connectivity index (χ3n) is 2.94. The summed E-state index contributed by atoms with van der Waals surface area (Å²) >= 11 is 3.37. The van der Waals surface area contributed by atoms with Crippen molar-refractivity contribution >= 4 is 21.9 Å². The molecule has 0 amide bonds. The maximum atomic E-state index is 11.4. The molecule has 1 atom stereocenters. The van der Waals surface area contributed by atoms with Gasteiger partial charge in [0.1, 0.15) is 0 Å². The summed E-state index contributed by atoms with van der Waals surface area (Å²) in [6, 6.07) is 3.29. The van der Waals surface area contributed by atoms with Gasteiger partial charge in [-0.3, -0.25) is 0 Å². The fourth-order valence-corrected chi connectivity index (χ4v) is 2.55. The molecule has 0 saturated heterocycles. The van der Waals surface area contributed by atoms with E-state index in [1.165, 1.54) is 0 Å². The highest BCUT2D eigenvalue weighted by atomic mass is 79.9. The standard InChI is InChI=1S/C14H17BrO6/c15-10-7-9(12(14(17)18)20-4-1-3-16)8-11-13(10)21-6-2-5-19-11/h7-8,12,16H,1-6H2,(H,17,18). The highest BCUT2D eigenvalue weighted by Gasteiger charge is 2.24. The Morgan fingerprint density at radius 2 is 2.14 bits per heavy atom. The topological polar surface area (TPSA) is 85.2 Å². The van der Waals surface area contributed by atoms with E-state index in [-0.39, 0.29) is 13.2 Å². The van der Waals surface area contributed by atoms with Gasteiger partial charge in [0.25, 0.3) is 0 Å². The Morgan fingerprint density at radius 3 is 2.86 bits per heavy atom. The first kappa shape index (κ1) is 16.1. The molecule has 1 aromatic carbocycles. The molecule has 6 nitrogen and oxygen atoms in total. The van der Waals surface area contributed by atoms with Crippen LogP contribution in [-0.4, -0.2) is 42.6 Å². The number of rotatable bonds is 6. The van der Waals surface area contributed by atoms with Crippen LogP contribution in [0.2, 0.25) is 0 Å². The Balaban J connectivity index is 2.26. The van der Waals surface area contributed by atoms with Crippen molar-refractivity contribution in [2.24, 2.45) is 0 Å². The number of halogens is 1. The Kier molecular flexibility index (Phi) is 5.84. The van der Waals surface area contributed by atoms with E-state index in [2.05, 4.69) is 15.9 Å². The van der Waals surface area contributed by atoms with Crippen molar-refractivity contribution in [3.05, 3.63) is 22.2 Å². The van der Waals surface area contributed by atoms with Crippen molar-refractivity contribution in [2.45, 2.75) is 18.9 Å². The smallest absolute Gasteiger partial charge is 0.337 e. The molecule has 0 bridgehead atoms. The molecule has 2 rings (SSSR count). The lowest BCUT2D eigenvalue weighted by Gasteiger charge is -2.17. The molecule has 0 fully saturated rings. The highest BCUT2D eigenvalue weighted by Crippen LogP contribution is 2.40. The van der Waals surface area contributed by atoms with E-state index in [0.29, 0.717) is 41.2 Å². The van der Waals surface area contributed by atoms with E-state index in [1.807, 2.05) is 0 Å². The summed E-state index contributed by atoms with van der Waals surface area (Å²) in [5.41, 5.74) is 0.469. The first-order valence-corrected chi connectivity index (χ1v) is 7.47. The van der Waals surface area contributed by atoms with E-state index in [0.717, 1.165) is 6.42 Å². The second kappa shape index (κ2) is 7.63. The summed E-state index contributed by atoms with van der Waals surface area (Å²) in [7, 11) is 0. The third-order valence-corrected chi connectivity index (χ3v) is 3.53. The van der Waals surface area contributed by atoms with Crippen LogP contribution in [-0.2, 0) is 9.53 Å². The first-order chi connectivity index (χ1) is 10.1. The number of carbonyl (C=O) groups is 1. The molecule has 1 aliphatic heterocycles. The van der Waals surface area contributed by atoms with Gasteiger partial charge in [-0.25, -0.2) is 4.79 Å². The average Bonchev–Trinajstić information content (AvgIpc) is 2.68. The number of aliphatic carboxylic acids is 1. The van der Waals surface area contributed by atoms with E-state index in [4.69, 9.17) is 19.3 Å². The number of carboxylic acids is 1. The molecule has 1 heterocycles. The minimum absolute atomic E-state index is 0.0445. The number of aliphatic hydroxyl groups excluding tert-OH is 1. The number of fused-ring (bicyclic) bond motifs is 1. The highest BCUT2D eigenvalue weighted by molar-refractivity contribution is 9.10. The number of benzene rings is 1. The van der Waals surface area contributed by atoms with Gasteiger partial charge in [-0.15, -0.1) is 0 Å². The van der Waals surface area contributed by atoms with Crippen LogP contribution < -0.4 is 9.47 Å². The summed E-state index contributed by atoms with van der Waals surface area (Å²) in [4.78, 5) is 11.4. The molecular weight excluding hydrogens is 344 g/mol. The molecule has 0 spiro atoms. The monoisotopic (exact) mass is 360 g/mol. The zero-order valence-corrected chi connectivity index (χ0v) is 13.0. The zero-order valence-electron chi connectivity index (χ0n) is 11.4. The van der Waals surface area contributed by atoms with Crippen molar-refractivity contribution in [2.75, 3.05) is 26.4 Å². The number of carboxylic acid groups (broad SMARTS) is 1. The van der Waals surface area contributed by atoms with Gasteiger partial charge in [-0.2, -0.15) is 0 Å². The minimum atomic E-state index is -1.11. The van der Waals surface area contributed by atoms with Crippen LogP contribution in [0.4, 0.5) is 0 Å². The normalized spacial score (nSPS) is 15.3. The van der Waals surface area contributed by atoms with Crippen molar-refractivity contribution in [3.8, 4) is 11.5 Å². The largest absolute Gasteiger partial charge is 0.490 e. The van der Waals surface area contributed by atoms with Crippen molar-refractivity contribution in [1.29, 1.82) is 0 Å². The summed E-state index contributed by atoms with van der Waals surface area (Å²) in [6.07, 6.45) is 0.0476. The zero-order chi connectivity index (χ0) is 15.2. The predicted molar refractivity (Wildman–Crippen MR) is 77.8 cm³/mol. The van der Waals surface area contributed by atoms with Crippen LogP contribution in [0.5, 0.6) is 11.5 Å². The SMILES string of the molecule is O=C(O)C(OCCCO)c1cc(Br)c2c(c1)OCCCO2. The fourth-order valence-electron chi connectivity index (χ4n) is 1.98. The third kappa shape index (κ3) is 4.09. The Bertz CT molecular complexity index is 504. The van der Waals surface area contributed by atoms with Crippen molar-refractivity contribution < 1.29 is 29.2 Å². The lowest BCUT2D eigenvalue weighted by Crippen LogP contribution is -2.16. The van der Waals surface area contributed by atoms with E-state index in [9.17, 15) is 9.90 Å². The van der Waals surface area contributed by atoms with Gasteiger partial charge in [0.05, 0.1) is 24.3 Å². The maximum Gasteiger partial charge on any atom is 0.337 e. The molecule has 0 radical (unpaired) electrons. The minimum Gasteiger partial charge on any atom is -0.490 e. The average molecular weight is 361 g/mol. The van der Waals surface area contributed by atoms with E-state index in [1.54, 1.807) is 12.1 Å². The first-order valence-electron chi connectivity index (χ1n) is 6.67. The number of aliphatic hydroxyl groups is 1. The summed E-state index contributed by atoms with van der Waals surface area (Å²) in [5.74, 6) is -0.000963. The van der Waals surface area contributed by atoms with Crippen LogP contribution in [0, 0.1) is 0 Å².